The summed E-state index contributed by atoms with van der Waals surface area (Å²) >= 11 is 2.24. The van der Waals surface area contributed by atoms with Crippen LogP contribution < -0.4 is 17.0 Å². The van der Waals surface area contributed by atoms with Gasteiger partial charge in [0, 0.05) is 132 Å². The van der Waals surface area contributed by atoms with Crippen LogP contribution in [0.15, 0.2) is 0 Å². The maximum atomic E-state index is 4.94. The first-order chi connectivity index (χ1) is 1.41. The van der Waals surface area contributed by atoms with Gasteiger partial charge in [-0.15, -0.1) is 0 Å². The summed E-state index contributed by atoms with van der Waals surface area (Å²) in [6, 6.07) is 0. The molecule has 0 saturated heterocycles. The fourth-order valence-corrected chi connectivity index (χ4v) is 0. The molecule has 0 unspecified atom stereocenters. The zero-order valence-electron chi connectivity index (χ0n) is 5.07. The second kappa shape index (κ2) is 38.5. The summed E-state index contributed by atoms with van der Waals surface area (Å²) in [5.74, 6) is 0. The summed E-state index contributed by atoms with van der Waals surface area (Å²) in [7, 11) is 0. The third-order valence-corrected chi connectivity index (χ3v) is 0. The van der Waals surface area contributed by atoms with Crippen molar-refractivity contribution in [3.63, 3.8) is 0 Å². The van der Waals surface area contributed by atoms with E-state index in [9.17, 15) is 0 Å². The minimum absolute atomic E-state index is 0. The van der Waals surface area contributed by atoms with Crippen molar-refractivity contribution in [2.75, 3.05) is 0 Å². The van der Waals surface area contributed by atoms with E-state index in [0.717, 1.165) is 0 Å². The zero-order valence-corrected chi connectivity index (χ0v) is 23.6. The molecule has 0 saturated carbocycles. The summed E-state index contributed by atoms with van der Waals surface area (Å²) < 4.78 is 0. The van der Waals surface area contributed by atoms with Gasteiger partial charge in [0.1, 0.15) is 0 Å². The van der Waals surface area contributed by atoms with E-state index in [2.05, 4.69) is 18.6 Å². The molecular weight excluding hydrogens is 970 g/mol. The van der Waals surface area contributed by atoms with Crippen LogP contribution >= 0.6 is 18.6 Å². The molecule has 6 heteroatoms. The maximum absolute atomic E-state index is 4.94. The first-order valence-electron chi connectivity index (χ1n) is 0.361. The van der Waals surface area contributed by atoms with E-state index in [4.69, 9.17) is 5.70 Å². The number of hydrogen-bond acceptors (Lipinski definition) is 0. The van der Waals surface area contributed by atoms with Gasteiger partial charge in [0.2, 0.25) is 0 Å². The van der Waals surface area contributed by atoms with Crippen molar-refractivity contribution in [3.05, 3.63) is 14.9 Å². The molecule has 0 fully saturated rings. The third kappa shape index (κ3) is 40.8. The molecule has 0 spiro atoms. The van der Waals surface area contributed by atoms with Crippen LogP contribution in [-0.2, 0) is 0 Å². The van der Waals surface area contributed by atoms with E-state index < -0.39 is 0 Å². The summed E-state index contributed by atoms with van der Waals surface area (Å²) in [4.78, 5) is 0. The predicted molar refractivity (Wildman–Crippen MR) is 32.6 cm³/mol. The van der Waals surface area contributed by atoms with Crippen LogP contribution in [0.4, 0.5) is 0 Å². The van der Waals surface area contributed by atoms with Gasteiger partial charge in [-0.05, 0) is 0 Å². The monoisotopic (exact) mass is 976 g/mol. The Hall–Kier alpha value is 5.85. The number of hydrogen-bond donors (Lipinski definition) is 0. The molecule has 0 nitrogen and oxygen atoms in total. The smallest absolute Gasteiger partial charge is 0.358 e. The molecule has 0 aromatic carbocycles. The van der Waals surface area contributed by atoms with Crippen molar-refractivity contribution < 1.29 is 149 Å². The standard InChI is InChI=1S/2CH3.3Ac.BI2/c;;;;;1-3-2/h2*1H3;;;;/q2*-1;;;;-1. The molecule has 0 N–H and O–H groups in total. The van der Waals surface area contributed by atoms with E-state index in [1.54, 1.807) is 0 Å². The van der Waals surface area contributed by atoms with Gasteiger partial charge in [-0.25, -0.2) is 0 Å². The average molecular weight is 976 g/mol. The van der Waals surface area contributed by atoms with Crippen LogP contribution in [0.2, 0.25) is 0 Å². The molecule has 0 rings (SSSR count). The van der Waals surface area contributed by atoms with E-state index in [-0.39, 0.29) is 164 Å². The largest absolute Gasteiger partial charge is 0.358 e. The second-order valence-electron chi connectivity index (χ2n) is 0.0825. The summed E-state index contributed by atoms with van der Waals surface area (Å²) in [5, 5.41) is 0. The van der Waals surface area contributed by atoms with E-state index in [0.29, 0.717) is 0 Å². The molecule has 0 amide bonds. The number of rotatable bonds is 0. The fraction of sp³-hybridized carbons (Fsp3) is 0. The molecule has 0 aliphatic rings. The van der Waals surface area contributed by atoms with Crippen molar-refractivity contribution in [3.8, 4) is 0 Å². The van der Waals surface area contributed by atoms with Crippen molar-refractivity contribution in [1.82, 2.24) is 0 Å². The van der Waals surface area contributed by atoms with Crippen LogP contribution in [-0.4, -0.2) is 5.70 Å². The minimum atomic E-state index is 0. The Kier molecular flexibility index (Phi) is 178. The first-order valence-corrected chi connectivity index (χ1v) is 7.89. The molecular formula is C2H6Ac3BI2-3. The van der Waals surface area contributed by atoms with Gasteiger partial charge in [0.25, 0.3) is 0 Å². The fourth-order valence-electron chi connectivity index (χ4n) is 0. The Morgan fingerprint density at radius 2 is 1.00 bits per heavy atom. The predicted octanol–water partition coefficient (Wildman–Crippen LogP) is -1.59. The van der Waals surface area contributed by atoms with Gasteiger partial charge in [0.05, 0.1) is 0 Å². The van der Waals surface area contributed by atoms with Crippen LogP contribution in [0.5, 0.6) is 0 Å². The molecule has 0 heterocycles. The average Bonchev–Trinajstić information content (AvgIpc) is 0.918. The zero-order chi connectivity index (χ0) is 2.71. The first kappa shape index (κ1) is 37.1. The Morgan fingerprint density at radius 1 is 1.00 bits per heavy atom. The van der Waals surface area contributed by atoms with Gasteiger partial charge in [-0.1, -0.05) is 0 Å². The van der Waals surface area contributed by atoms with Crippen molar-refractivity contribution in [2.24, 2.45) is 0 Å². The van der Waals surface area contributed by atoms with Crippen LogP contribution in [0, 0.1) is 147 Å². The summed E-state index contributed by atoms with van der Waals surface area (Å²) in [5.41, 5.74) is 4.94. The van der Waals surface area contributed by atoms with E-state index in [1.807, 2.05) is 0 Å². The van der Waals surface area contributed by atoms with Gasteiger partial charge < -0.3 is 14.9 Å². The SMILES string of the molecule is [Ac].[Ac].[Ac].[B][I-]I.[CH3-].[CH3-]. The summed E-state index contributed by atoms with van der Waals surface area (Å²) in [6.07, 6.45) is 0. The quantitative estimate of drug-likeness (QED) is 0.156. The normalized spacial score (nSPS) is 2.62. The molecule has 0 aromatic heterocycles. The molecule has 0 atom stereocenters. The molecule has 0 aromatic rings. The molecule has 0 bridgehead atoms. The van der Waals surface area contributed by atoms with Gasteiger partial charge in [0.15, 0.2) is 0 Å². The Labute approximate surface area is 182 Å². The van der Waals surface area contributed by atoms with Crippen molar-refractivity contribution in [2.45, 2.75) is 0 Å². The number of halogens is 2. The Morgan fingerprint density at radius 3 is 1.00 bits per heavy atom. The van der Waals surface area contributed by atoms with Crippen LogP contribution in [0.1, 0.15) is 0 Å². The van der Waals surface area contributed by atoms with E-state index in [1.165, 1.54) is 0 Å². The van der Waals surface area contributed by atoms with Crippen molar-refractivity contribution >= 4 is 24.3 Å². The summed E-state index contributed by atoms with van der Waals surface area (Å²) in [6.45, 7) is 0. The van der Waals surface area contributed by atoms with E-state index >= 15 is 0 Å². The van der Waals surface area contributed by atoms with Crippen molar-refractivity contribution in [1.29, 1.82) is 0 Å². The van der Waals surface area contributed by atoms with Gasteiger partial charge in [-0.2, -0.15) is 0 Å². The maximum Gasteiger partial charge on any atom is -0.358 e. The molecule has 8 heavy (non-hydrogen) atoms. The molecule has 0 aliphatic heterocycles. The molecule has 0 aliphatic carbocycles. The van der Waals surface area contributed by atoms with Gasteiger partial charge in [-0.3, -0.25) is 0 Å². The van der Waals surface area contributed by atoms with Crippen LogP contribution in [0.3, 0.4) is 0 Å². The van der Waals surface area contributed by atoms with Gasteiger partial charge >= 0.3 is 41.3 Å². The van der Waals surface area contributed by atoms with Crippen LogP contribution in [0.25, 0.3) is 0 Å². The molecule has 5 radical (unpaired) electrons. The minimum Gasteiger partial charge on any atom is -0.358 e. The Balaban J connectivity index is -0.00000000200. The Bertz CT molecular complexity index is 15.2. The second-order valence-corrected chi connectivity index (χ2v) is 3.71. The molecule has 43 valence electrons. The third-order valence-electron chi connectivity index (χ3n) is 0. The topological polar surface area (TPSA) is 0 Å².